The van der Waals surface area contributed by atoms with E-state index in [2.05, 4.69) is 18.5 Å². The van der Waals surface area contributed by atoms with Crippen LogP contribution < -0.4 is 5.32 Å². The molecule has 1 rings (SSSR count). The van der Waals surface area contributed by atoms with Gasteiger partial charge in [0.15, 0.2) is 0 Å². The summed E-state index contributed by atoms with van der Waals surface area (Å²) in [5.74, 6) is -0.777. The van der Waals surface area contributed by atoms with Crippen molar-refractivity contribution in [1.82, 2.24) is 5.32 Å². The fraction of sp³-hybridized carbons (Fsp3) is 0.438. The van der Waals surface area contributed by atoms with E-state index < -0.39 is 12.0 Å². The molecule has 106 valence electrons. The van der Waals surface area contributed by atoms with Gasteiger partial charge in [-0.3, -0.25) is 10.1 Å². The predicted octanol–water partition coefficient (Wildman–Crippen LogP) is 3.46. The molecular weight excluding hydrogens is 238 g/mol. The van der Waals surface area contributed by atoms with Crippen molar-refractivity contribution < 1.29 is 9.90 Å². The third-order valence-electron chi connectivity index (χ3n) is 2.82. The Morgan fingerprint density at radius 3 is 2.37 bits per heavy atom. The fourth-order valence-electron chi connectivity index (χ4n) is 2.00. The lowest BCUT2D eigenvalue weighted by Crippen LogP contribution is -2.47. The van der Waals surface area contributed by atoms with Gasteiger partial charge in [-0.15, -0.1) is 0 Å². The normalized spacial score (nSPS) is 23.4. The Morgan fingerprint density at radius 1 is 1.21 bits per heavy atom. The first-order valence-electron chi connectivity index (χ1n) is 6.79. The minimum Gasteiger partial charge on any atom is -0.480 e. The Kier molecular flexibility index (Phi) is 9.45. The lowest BCUT2D eigenvalue weighted by molar-refractivity contribution is -0.140. The van der Waals surface area contributed by atoms with Crippen LogP contribution in [0.25, 0.3) is 0 Å². The van der Waals surface area contributed by atoms with Crippen molar-refractivity contribution in [3.8, 4) is 0 Å². The van der Waals surface area contributed by atoms with Crippen LogP contribution >= 0.6 is 0 Å². The van der Waals surface area contributed by atoms with E-state index in [1.165, 1.54) is 0 Å². The van der Waals surface area contributed by atoms with Crippen molar-refractivity contribution in [3.05, 3.63) is 49.1 Å². The summed E-state index contributed by atoms with van der Waals surface area (Å²) in [7, 11) is 0. The zero-order valence-corrected chi connectivity index (χ0v) is 11.9. The molecule has 0 aromatic carbocycles. The Balaban J connectivity index is 0.00000154. The summed E-state index contributed by atoms with van der Waals surface area (Å²) in [6.07, 6.45) is 11.7. The second kappa shape index (κ2) is 10.3. The molecule has 0 spiro atoms. The molecule has 1 aliphatic heterocycles. The van der Waals surface area contributed by atoms with Crippen LogP contribution in [0.5, 0.6) is 0 Å². The largest absolute Gasteiger partial charge is 0.480 e. The Hall–Kier alpha value is -1.61. The average Bonchev–Trinajstić information content (AvgIpc) is 2.45. The van der Waals surface area contributed by atoms with Crippen LogP contribution in [0.1, 0.15) is 33.1 Å². The highest BCUT2D eigenvalue weighted by Crippen LogP contribution is 2.19. The molecule has 0 radical (unpaired) electrons. The maximum absolute atomic E-state index is 11.0. The van der Waals surface area contributed by atoms with Crippen LogP contribution in [0, 0.1) is 0 Å². The van der Waals surface area contributed by atoms with Crippen LogP contribution in [0.2, 0.25) is 0 Å². The van der Waals surface area contributed by atoms with Crippen molar-refractivity contribution in [2.75, 3.05) is 0 Å². The Morgan fingerprint density at radius 2 is 1.84 bits per heavy atom. The second-order valence-electron chi connectivity index (χ2n) is 4.04. The number of nitrogens with one attached hydrogen (secondary N) is 1. The molecule has 0 aromatic rings. The van der Waals surface area contributed by atoms with E-state index in [1.807, 2.05) is 32.1 Å². The SMILES string of the molecule is C=C/C=C\C(=C/C=C)C1CCCC(C(=O)O)N1.CC. The van der Waals surface area contributed by atoms with Crippen molar-refractivity contribution >= 4 is 5.97 Å². The predicted molar refractivity (Wildman–Crippen MR) is 81.2 cm³/mol. The third-order valence-corrected chi connectivity index (χ3v) is 2.82. The van der Waals surface area contributed by atoms with Crippen LogP contribution in [0.15, 0.2) is 49.1 Å². The molecule has 1 fully saturated rings. The first-order valence-corrected chi connectivity index (χ1v) is 6.79. The van der Waals surface area contributed by atoms with Crippen molar-refractivity contribution in [1.29, 1.82) is 0 Å². The molecule has 2 atom stereocenters. The molecule has 1 saturated heterocycles. The van der Waals surface area contributed by atoms with Crippen molar-refractivity contribution in [2.24, 2.45) is 0 Å². The molecule has 0 bridgehead atoms. The summed E-state index contributed by atoms with van der Waals surface area (Å²) in [5.41, 5.74) is 1.05. The number of allylic oxidation sites excluding steroid dienone is 4. The van der Waals surface area contributed by atoms with Gasteiger partial charge in [0, 0.05) is 6.04 Å². The van der Waals surface area contributed by atoms with Crippen molar-refractivity contribution in [3.63, 3.8) is 0 Å². The topological polar surface area (TPSA) is 49.3 Å². The molecule has 2 N–H and O–H groups in total. The van der Waals surface area contributed by atoms with Gasteiger partial charge in [0.25, 0.3) is 0 Å². The minimum atomic E-state index is -0.777. The molecule has 0 aromatic heterocycles. The number of carboxylic acids is 1. The van der Waals surface area contributed by atoms with Crippen LogP contribution in [0.3, 0.4) is 0 Å². The maximum atomic E-state index is 11.0. The van der Waals surface area contributed by atoms with Gasteiger partial charge in [-0.1, -0.05) is 57.4 Å². The van der Waals surface area contributed by atoms with Gasteiger partial charge in [-0.05, 0) is 24.8 Å². The Bertz CT molecular complexity index is 356. The highest BCUT2D eigenvalue weighted by molar-refractivity contribution is 5.73. The summed E-state index contributed by atoms with van der Waals surface area (Å²) in [6, 6.07) is -0.363. The zero-order chi connectivity index (χ0) is 14.7. The number of carbonyl (C=O) groups is 1. The van der Waals surface area contributed by atoms with Crippen LogP contribution in [0.4, 0.5) is 0 Å². The van der Waals surface area contributed by atoms with Gasteiger partial charge in [0.1, 0.15) is 6.04 Å². The highest BCUT2D eigenvalue weighted by Gasteiger charge is 2.26. The molecule has 3 heteroatoms. The van der Waals surface area contributed by atoms with Gasteiger partial charge in [-0.25, -0.2) is 0 Å². The second-order valence-corrected chi connectivity index (χ2v) is 4.04. The van der Waals surface area contributed by atoms with E-state index in [0.717, 1.165) is 18.4 Å². The third kappa shape index (κ3) is 6.20. The summed E-state index contributed by atoms with van der Waals surface area (Å²) >= 11 is 0. The van der Waals surface area contributed by atoms with Crippen LogP contribution in [-0.4, -0.2) is 23.2 Å². The lowest BCUT2D eigenvalue weighted by atomic mass is 9.92. The molecular formula is C16H25NO2. The number of hydrogen-bond donors (Lipinski definition) is 2. The molecule has 19 heavy (non-hydrogen) atoms. The molecule has 0 amide bonds. The van der Waals surface area contributed by atoms with Crippen molar-refractivity contribution in [2.45, 2.75) is 45.2 Å². The summed E-state index contributed by atoms with van der Waals surface area (Å²) in [5, 5.41) is 12.2. The van der Waals surface area contributed by atoms with Gasteiger partial charge < -0.3 is 5.11 Å². The molecule has 1 aliphatic rings. The summed E-state index contributed by atoms with van der Waals surface area (Å²) < 4.78 is 0. The van der Waals surface area contributed by atoms with E-state index >= 15 is 0 Å². The summed E-state index contributed by atoms with van der Waals surface area (Å²) in [6.45, 7) is 11.3. The van der Waals surface area contributed by atoms with Gasteiger partial charge >= 0.3 is 5.97 Å². The number of aliphatic carboxylic acids is 1. The van der Waals surface area contributed by atoms with E-state index in [1.54, 1.807) is 12.2 Å². The van der Waals surface area contributed by atoms with Gasteiger partial charge in [-0.2, -0.15) is 0 Å². The molecule has 1 heterocycles. The molecule has 0 saturated carbocycles. The first-order chi connectivity index (χ1) is 9.19. The number of hydrogen-bond acceptors (Lipinski definition) is 2. The maximum Gasteiger partial charge on any atom is 0.320 e. The van der Waals surface area contributed by atoms with Crippen LogP contribution in [-0.2, 0) is 4.79 Å². The van der Waals surface area contributed by atoms with Gasteiger partial charge in [0.05, 0.1) is 0 Å². The van der Waals surface area contributed by atoms with E-state index in [0.29, 0.717) is 6.42 Å². The molecule has 0 aliphatic carbocycles. The molecule has 2 unspecified atom stereocenters. The zero-order valence-electron chi connectivity index (χ0n) is 11.9. The lowest BCUT2D eigenvalue weighted by Gasteiger charge is -2.29. The Labute approximate surface area is 116 Å². The standard InChI is InChI=1S/C14H19NO2.C2H6/c1-3-5-8-11(7-4-2)12-9-6-10-13(15-12)14(16)17;1-2/h3-5,7-8,12-13,15H,1-2,6,9-10H2,(H,16,17);1-2H3/b8-5-,11-7+;. The number of carboxylic acid groups (broad SMARTS) is 1. The quantitative estimate of drug-likeness (QED) is 0.747. The fourth-order valence-corrected chi connectivity index (χ4v) is 2.00. The smallest absolute Gasteiger partial charge is 0.320 e. The van der Waals surface area contributed by atoms with E-state index in [9.17, 15) is 4.79 Å². The number of piperidine rings is 1. The molecule has 3 nitrogen and oxygen atoms in total. The minimum absolute atomic E-state index is 0.0825. The van der Waals surface area contributed by atoms with E-state index in [4.69, 9.17) is 5.11 Å². The summed E-state index contributed by atoms with van der Waals surface area (Å²) in [4.78, 5) is 11.0. The monoisotopic (exact) mass is 263 g/mol. The van der Waals surface area contributed by atoms with Gasteiger partial charge in [0.2, 0.25) is 0 Å². The first kappa shape index (κ1) is 17.4. The highest BCUT2D eigenvalue weighted by atomic mass is 16.4. The average molecular weight is 263 g/mol. The van der Waals surface area contributed by atoms with E-state index in [-0.39, 0.29) is 6.04 Å². The number of rotatable bonds is 5.